The van der Waals surface area contributed by atoms with Crippen molar-refractivity contribution in [1.29, 1.82) is 0 Å². The van der Waals surface area contributed by atoms with Crippen molar-refractivity contribution in [3.05, 3.63) is 44.6 Å². The van der Waals surface area contributed by atoms with Gasteiger partial charge in [-0.3, -0.25) is 4.79 Å². The number of fused-ring (bicyclic) bond motifs is 1. The number of hydrogen-bond donors (Lipinski definition) is 2. The number of nitrogens with one attached hydrogen (secondary N) is 2. The standard InChI is InChI=1S/C21H24BrN3O2S/c22-19-12-15-13-25(10-9-18(15)28-19)21(27)24-17-7-5-16(6-8-17)23-20(26)11-14-3-1-2-4-14/h5-8,12,14H,1-4,9-11,13H2,(H,23,26)(H,24,27). The summed E-state index contributed by atoms with van der Waals surface area (Å²) in [5.41, 5.74) is 2.72. The molecule has 4 rings (SSSR count). The van der Waals surface area contributed by atoms with Gasteiger partial charge in [0.05, 0.1) is 3.79 Å². The van der Waals surface area contributed by atoms with E-state index in [1.807, 2.05) is 29.2 Å². The number of rotatable bonds is 4. The highest BCUT2D eigenvalue weighted by atomic mass is 79.9. The number of benzene rings is 1. The van der Waals surface area contributed by atoms with Crippen LogP contribution in [-0.2, 0) is 17.8 Å². The molecule has 0 atom stereocenters. The van der Waals surface area contributed by atoms with Crippen LogP contribution < -0.4 is 10.6 Å². The summed E-state index contributed by atoms with van der Waals surface area (Å²) in [6.07, 6.45) is 6.32. The van der Waals surface area contributed by atoms with Crippen LogP contribution in [0.15, 0.2) is 34.1 Å². The second-order valence-electron chi connectivity index (χ2n) is 7.58. The molecular formula is C21H24BrN3O2S. The van der Waals surface area contributed by atoms with E-state index in [1.54, 1.807) is 11.3 Å². The molecule has 7 heteroatoms. The van der Waals surface area contributed by atoms with Crippen LogP contribution in [0.5, 0.6) is 0 Å². The first-order valence-corrected chi connectivity index (χ1v) is 11.4. The second kappa shape index (κ2) is 8.66. The van der Waals surface area contributed by atoms with E-state index in [1.165, 1.54) is 36.1 Å². The number of nitrogens with zero attached hydrogens (tertiary/aromatic N) is 1. The maximum Gasteiger partial charge on any atom is 0.322 e. The Balaban J connectivity index is 1.29. The minimum absolute atomic E-state index is 0.0785. The molecule has 5 nitrogen and oxygen atoms in total. The number of urea groups is 1. The van der Waals surface area contributed by atoms with E-state index in [0.717, 1.165) is 28.1 Å². The van der Waals surface area contributed by atoms with E-state index in [4.69, 9.17) is 0 Å². The van der Waals surface area contributed by atoms with Crippen molar-refractivity contribution in [2.75, 3.05) is 17.2 Å². The first-order chi connectivity index (χ1) is 13.6. The summed E-state index contributed by atoms with van der Waals surface area (Å²) in [5.74, 6) is 0.613. The van der Waals surface area contributed by atoms with E-state index < -0.39 is 0 Å². The van der Waals surface area contributed by atoms with Crippen LogP contribution in [0.1, 0.15) is 42.5 Å². The normalized spacial score (nSPS) is 16.7. The lowest BCUT2D eigenvalue weighted by molar-refractivity contribution is -0.117. The second-order valence-corrected chi connectivity index (χ2v) is 10.1. The van der Waals surface area contributed by atoms with Crippen molar-refractivity contribution >= 4 is 50.6 Å². The van der Waals surface area contributed by atoms with Crippen molar-refractivity contribution in [3.8, 4) is 0 Å². The SMILES string of the molecule is O=C(CC1CCCC1)Nc1ccc(NC(=O)N2CCc3sc(Br)cc3C2)cc1. The minimum Gasteiger partial charge on any atom is -0.326 e. The maximum atomic E-state index is 12.6. The Labute approximate surface area is 177 Å². The van der Waals surface area contributed by atoms with Gasteiger partial charge in [-0.2, -0.15) is 0 Å². The molecule has 28 heavy (non-hydrogen) atoms. The van der Waals surface area contributed by atoms with Gasteiger partial charge in [-0.25, -0.2) is 4.79 Å². The van der Waals surface area contributed by atoms with Gasteiger partial charge in [0.1, 0.15) is 0 Å². The van der Waals surface area contributed by atoms with Gasteiger partial charge < -0.3 is 15.5 Å². The summed E-state index contributed by atoms with van der Waals surface area (Å²) in [5, 5.41) is 5.92. The third-order valence-corrected chi connectivity index (χ3v) is 7.23. The van der Waals surface area contributed by atoms with Crippen molar-refractivity contribution in [3.63, 3.8) is 0 Å². The fraction of sp³-hybridized carbons (Fsp3) is 0.429. The number of carbonyl (C=O) groups is 2. The van der Waals surface area contributed by atoms with E-state index in [9.17, 15) is 9.59 Å². The topological polar surface area (TPSA) is 61.4 Å². The average molecular weight is 462 g/mol. The summed E-state index contributed by atoms with van der Waals surface area (Å²) in [4.78, 5) is 27.9. The molecule has 1 aromatic heterocycles. The van der Waals surface area contributed by atoms with E-state index in [-0.39, 0.29) is 11.9 Å². The van der Waals surface area contributed by atoms with Crippen molar-refractivity contribution in [2.24, 2.45) is 5.92 Å². The molecule has 3 amide bonds. The van der Waals surface area contributed by atoms with Gasteiger partial charge in [0.15, 0.2) is 0 Å². The van der Waals surface area contributed by atoms with Gasteiger partial charge in [-0.15, -0.1) is 11.3 Å². The minimum atomic E-state index is -0.0917. The molecule has 1 saturated carbocycles. The lowest BCUT2D eigenvalue weighted by Crippen LogP contribution is -2.38. The van der Waals surface area contributed by atoms with E-state index in [2.05, 4.69) is 32.6 Å². The van der Waals surface area contributed by atoms with Gasteiger partial charge in [0.2, 0.25) is 5.91 Å². The van der Waals surface area contributed by atoms with Gasteiger partial charge in [-0.1, -0.05) is 12.8 Å². The number of amides is 3. The fourth-order valence-corrected chi connectivity index (χ4v) is 5.75. The molecule has 0 bridgehead atoms. The number of anilines is 2. The van der Waals surface area contributed by atoms with Crippen LogP contribution >= 0.6 is 27.3 Å². The summed E-state index contributed by atoms with van der Waals surface area (Å²) in [7, 11) is 0. The molecule has 0 spiro atoms. The molecule has 0 radical (unpaired) electrons. The molecule has 1 aliphatic heterocycles. The number of halogens is 1. The molecule has 0 unspecified atom stereocenters. The zero-order valence-corrected chi connectivity index (χ0v) is 18.1. The van der Waals surface area contributed by atoms with Crippen LogP contribution in [0.3, 0.4) is 0 Å². The first-order valence-electron chi connectivity index (χ1n) is 9.80. The molecular weight excluding hydrogens is 438 g/mol. The van der Waals surface area contributed by atoms with Crippen molar-refractivity contribution < 1.29 is 9.59 Å². The molecule has 2 aliphatic rings. The Morgan fingerprint density at radius 3 is 2.50 bits per heavy atom. The molecule has 2 aromatic rings. The van der Waals surface area contributed by atoms with Crippen molar-refractivity contribution in [2.45, 2.75) is 45.1 Å². The van der Waals surface area contributed by atoms with E-state index in [0.29, 0.717) is 18.9 Å². The van der Waals surface area contributed by atoms with Crippen LogP contribution in [-0.4, -0.2) is 23.4 Å². The third kappa shape index (κ3) is 4.75. The monoisotopic (exact) mass is 461 g/mol. The molecule has 148 valence electrons. The number of carbonyl (C=O) groups excluding carboxylic acids is 2. The first kappa shape index (κ1) is 19.5. The predicted octanol–water partition coefficient (Wildman–Crippen LogP) is 5.62. The molecule has 1 aromatic carbocycles. The predicted molar refractivity (Wildman–Crippen MR) is 117 cm³/mol. The number of thiophene rings is 1. The summed E-state index contributed by atoms with van der Waals surface area (Å²) < 4.78 is 1.12. The molecule has 2 heterocycles. The Bertz CT molecular complexity index is 859. The molecule has 0 saturated heterocycles. The van der Waals surface area contributed by atoms with Gasteiger partial charge >= 0.3 is 6.03 Å². The summed E-state index contributed by atoms with van der Waals surface area (Å²) in [6.45, 7) is 1.36. The van der Waals surface area contributed by atoms with Gasteiger partial charge in [0, 0.05) is 35.8 Å². The molecule has 2 N–H and O–H groups in total. The Kier molecular flexibility index (Phi) is 6.01. The third-order valence-electron chi connectivity index (χ3n) is 5.49. The van der Waals surface area contributed by atoms with Gasteiger partial charge in [-0.05, 0) is 77.0 Å². The maximum absolute atomic E-state index is 12.6. The quantitative estimate of drug-likeness (QED) is 0.620. The Morgan fingerprint density at radius 2 is 1.79 bits per heavy atom. The highest BCUT2D eigenvalue weighted by molar-refractivity contribution is 9.11. The van der Waals surface area contributed by atoms with Crippen LogP contribution in [0.25, 0.3) is 0 Å². The average Bonchev–Trinajstić information content (AvgIpc) is 3.30. The van der Waals surface area contributed by atoms with Crippen molar-refractivity contribution in [1.82, 2.24) is 4.90 Å². The Hall–Kier alpha value is -1.86. The van der Waals surface area contributed by atoms with Crippen LogP contribution in [0, 0.1) is 5.92 Å². The van der Waals surface area contributed by atoms with E-state index >= 15 is 0 Å². The summed E-state index contributed by atoms with van der Waals surface area (Å²) >= 11 is 5.27. The zero-order chi connectivity index (χ0) is 19.5. The molecule has 1 aliphatic carbocycles. The lowest BCUT2D eigenvalue weighted by Gasteiger charge is -2.27. The number of hydrogen-bond acceptors (Lipinski definition) is 3. The van der Waals surface area contributed by atoms with Crippen LogP contribution in [0.4, 0.5) is 16.2 Å². The summed E-state index contributed by atoms with van der Waals surface area (Å²) in [6, 6.07) is 9.35. The Morgan fingerprint density at radius 1 is 1.11 bits per heavy atom. The lowest BCUT2D eigenvalue weighted by atomic mass is 10.0. The largest absolute Gasteiger partial charge is 0.326 e. The fourth-order valence-electron chi connectivity index (χ4n) is 4.00. The van der Waals surface area contributed by atoms with Crippen LogP contribution in [0.2, 0.25) is 0 Å². The van der Waals surface area contributed by atoms with Gasteiger partial charge in [0.25, 0.3) is 0 Å². The molecule has 1 fully saturated rings. The zero-order valence-electron chi connectivity index (χ0n) is 15.7. The highest BCUT2D eigenvalue weighted by Gasteiger charge is 2.23. The smallest absolute Gasteiger partial charge is 0.322 e. The highest BCUT2D eigenvalue weighted by Crippen LogP contribution is 2.32.